The fourth-order valence-electron chi connectivity index (χ4n) is 3.67. The molecule has 3 aromatic carbocycles. The summed E-state index contributed by atoms with van der Waals surface area (Å²) in [7, 11) is -2.55. The largest absolute Gasteiger partial charge is 0.494 e. The van der Waals surface area contributed by atoms with E-state index >= 15 is 0 Å². The van der Waals surface area contributed by atoms with E-state index in [0.29, 0.717) is 23.5 Å². The summed E-state index contributed by atoms with van der Waals surface area (Å²) in [6.45, 7) is 7.67. The van der Waals surface area contributed by atoms with Gasteiger partial charge in [-0.15, -0.1) is 5.11 Å². The third-order valence-electron chi connectivity index (χ3n) is 5.56. The summed E-state index contributed by atoms with van der Waals surface area (Å²) in [6.07, 6.45) is -0.754. The summed E-state index contributed by atoms with van der Waals surface area (Å²) in [5.41, 5.74) is 3.00. The molecular weight excluding hydrogens is 484 g/mol. The van der Waals surface area contributed by atoms with Gasteiger partial charge in [0.1, 0.15) is 11.9 Å². The van der Waals surface area contributed by atoms with Gasteiger partial charge in [-0.2, -0.15) is 13.5 Å². The minimum Gasteiger partial charge on any atom is -0.494 e. The highest BCUT2D eigenvalue weighted by Gasteiger charge is 2.24. The van der Waals surface area contributed by atoms with Crippen molar-refractivity contribution in [1.82, 2.24) is 0 Å². The molecule has 11 heteroatoms. The molecular formula is C25H28N4O6S. The highest BCUT2D eigenvalue weighted by atomic mass is 32.2. The Labute approximate surface area is 210 Å². The number of benzene rings is 3. The first-order valence-electron chi connectivity index (χ1n) is 11.2. The zero-order valence-corrected chi connectivity index (χ0v) is 21.5. The van der Waals surface area contributed by atoms with Gasteiger partial charge in [-0.3, -0.25) is 10.1 Å². The summed E-state index contributed by atoms with van der Waals surface area (Å²) in [5, 5.41) is 19.4. The maximum Gasteiger partial charge on any atom is 0.299 e. The summed E-state index contributed by atoms with van der Waals surface area (Å²) in [6, 6.07) is 16.2. The van der Waals surface area contributed by atoms with Crippen molar-refractivity contribution in [2.24, 2.45) is 10.2 Å². The molecule has 0 saturated heterocycles. The average Bonchev–Trinajstić information content (AvgIpc) is 2.83. The van der Waals surface area contributed by atoms with Crippen LogP contribution in [0.25, 0.3) is 0 Å². The number of azo groups is 1. The van der Waals surface area contributed by atoms with Crippen LogP contribution in [0.15, 0.2) is 75.8 Å². The predicted molar refractivity (Wildman–Crippen MR) is 137 cm³/mol. The Morgan fingerprint density at radius 2 is 1.67 bits per heavy atom. The Bertz CT molecular complexity index is 1390. The van der Waals surface area contributed by atoms with Crippen LogP contribution in [-0.2, 0) is 14.3 Å². The minimum atomic E-state index is -3.96. The van der Waals surface area contributed by atoms with E-state index in [1.807, 2.05) is 24.8 Å². The molecule has 3 rings (SSSR count). The molecule has 0 bridgehead atoms. The van der Waals surface area contributed by atoms with Crippen LogP contribution in [0.5, 0.6) is 5.75 Å². The summed E-state index contributed by atoms with van der Waals surface area (Å²) < 4.78 is 36.4. The van der Waals surface area contributed by atoms with Gasteiger partial charge in [-0.1, -0.05) is 18.2 Å². The van der Waals surface area contributed by atoms with Crippen LogP contribution < -0.4 is 9.64 Å². The first kappa shape index (κ1) is 26.8. The highest BCUT2D eigenvalue weighted by Crippen LogP contribution is 2.34. The van der Waals surface area contributed by atoms with Crippen LogP contribution in [0.4, 0.5) is 22.7 Å². The molecule has 0 amide bonds. The van der Waals surface area contributed by atoms with Gasteiger partial charge < -0.3 is 9.64 Å². The molecule has 0 radical (unpaired) electrons. The first-order valence-corrected chi connectivity index (χ1v) is 12.6. The lowest BCUT2D eigenvalue weighted by atomic mass is 10.1. The maximum absolute atomic E-state index is 12.8. The summed E-state index contributed by atoms with van der Waals surface area (Å²) in [5.74, 6) is 0.236. The van der Waals surface area contributed by atoms with E-state index in [1.54, 1.807) is 44.2 Å². The number of methoxy groups -OCH3 is 1. The Hall–Kier alpha value is -3.83. The Balaban J connectivity index is 1.81. The van der Waals surface area contributed by atoms with E-state index in [0.717, 1.165) is 11.3 Å². The predicted octanol–water partition coefficient (Wildman–Crippen LogP) is 6.21. The average molecular weight is 513 g/mol. The van der Waals surface area contributed by atoms with E-state index in [9.17, 15) is 18.5 Å². The van der Waals surface area contributed by atoms with Crippen molar-refractivity contribution in [2.75, 3.05) is 18.6 Å². The lowest BCUT2D eigenvalue weighted by molar-refractivity contribution is -0.384. The van der Waals surface area contributed by atoms with Crippen LogP contribution in [0.1, 0.15) is 25.0 Å². The van der Waals surface area contributed by atoms with Crippen LogP contribution in [0.2, 0.25) is 0 Å². The van der Waals surface area contributed by atoms with E-state index < -0.39 is 21.3 Å². The van der Waals surface area contributed by atoms with Crippen molar-refractivity contribution >= 4 is 32.9 Å². The SMILES string of the molecule is CCN(c1ccc(/N=N/c2ccc([N+](=O)[O-])cc2OC)c(C)c1)C(C)OS(=O)(=O)c1ccccc1C. The zero-order valence-electron chi connectivity index (χ0n) is 20.7. The molecule has 0 heterocycles. The Morgan fingerprint density at radius 3 is 2.28 bits per heavy atom. The van der Waals surface area contributed by atoms with Crippen LogP contribution in [0.3, 0.4) is 0 Å². The summed E-state index contributed by atoms with van der Waals surface area (Å²) >= 11 is 0. The molecule has 1 atom stereocenters. The molecule has 190 valence electrons. The molecule has 3 aromatic rings. The van der Waals surface area contributed by atoms with Gasteiger partial charge >= 0.3 is 0 Å². The lowest BCUT2D eigenvalue weighted by Crippen LogP contribution is -2.36. The van der Waals surface area contributed by atoms with Crippen molar-refractivity contribution in [1.29, 1.82) is 0 Å². The van der Waals surface area contributed by atoms with E-state index in [2.05, 4.69) is 10.2 Å². The van der Waals surface area contributed by atoms with Gasteiger partial charge in [0.25, 0.3) is 15.8 Å². The number of rotatable bonds is 10. The monoisotopic (exact) mass is 512 g/mol. The molecule has 0 aliphatic carbocycles. The fourth-order valence-corrected chi connectivity index (χ4v) is 4.96. The number of hydrogen-bond acceptors (Lipinski definition) is 9. The maximum atomic E-state index is 12.8. The zero-order chi connectivity index (χ0) is 26.5. The number of hydrogen-bond donors (Lipinski definition) is 0. The van der Waals surface area contributed by atoms with Gasteiger partial charge in [0.15, 0.2) is 5.75 Å². The second kappa shape index (κ2) is 11.3. The number of ether oxygens (including phenoxy) is 1. The molecule has 10 nitrogen and oxygen atoms in total. The van der Waals surface area contributed by atoms with Gasteiger partial charge in [0, 0.05) is 18.3 Å². The Morgan fingerprint density at radius 1 is 1.00 bits per heavy atom. The quantitative estimate of drug-likeness (QED) is 0.104. The second-order valence-electron chi connectivity index (χ2n) is 7.99. The lowest BCUT2D eigenvalue weighted by Gasteiger charge is -2.30. The molecule has 0 saturated carbocycles. The van der Waals surface area contributed by atoms with Crippen molar-refractivity contribution < 1.29 is 22.3 Å². The minimum absolute atomic E-state index is 0.105. The van der Waals surface area contributed by atoms with Crippen LogP contribution >= 0.6 is 0 Å². The van der Waals surface area contributed by atoms with Gasteiger partial charge in [0.05, 0.1) is 28.7 Å². The van der Waals surface area contributed by atoms with Crippen molar-refractivity contribution in [3.05, 3.63) is 81.9 Å². The Kier molecular flexibility index (Phi) is 8.38. The first-order chi connectivity index (χ1) is 17.1. The number of non-ortho nitro benzene ring substituents is 1. The molecule has 0 N–H and O–H groups in total. The number of nitrogens with zero attached hydrogens (tertiary/aromatic N) is 4. The molecule has 0 spiro atoms. The molecule has 0 aliphatic heterocycles. The third-order valence-corrected chi connectivity index (χ3v) is 7.09. The molecule has 0 aliphatic rings. The smallest absolute Gasteiger partial charge is 0.299 e. The number of aryl methyl sites for hydroxylation is 2. The third kappa shape index (κ3) is 6.04. The molecule has 0 aromatic heterocycles. The van der Waals surface area contributed by atoms with E-state index in [4.69, 9.17) is 8.92 Å². The van der Waals surface area contributed by atoms with Gasteiger partial charge in [-0.25, -0.2) is 4.18 Å². The topological polar surface area (TPSA) is 124 Å². The standard InChI is InChI=1S/C25H28N4O6S/c1-6-28(19(4)35-36(32,33)25-10-8-7-9-17(25)2)20-11-13-22(18(3)15-20)26-27-23-14-12-21(29(30)31)16-24(23)34-5/h7-16,19H,6H2,1-5H3/b27-26+. The number of nitro benzene ring substituents is 1. The van der Waals surface area contributed by atoms with Crippen molar-refractivity contribution in [3.8, 4) is 5.75 Å². The molecule has 0 fully saturated rings. The van der Waals surface area contributed by atoms with Crippen molar-refractivity contribution in [2.45, 2.75) is 38.8 Å². The van der Waals surface area contributed by atoms with Gasteiger partial charge in [0.2, 0.25) is 0 Å². The van der Waals surface area contributed by atoms with E-state index in [-0.39, 0.29) is 16.3 Å². The van der Waals surface area contributed by atoms with Crippen LogP contribution in [0, 0.1) is 24.0 Å². The second-order valence-corrected chi connectivity index (χ2v) is 9.53. The normalized spacial score (nSPS) is 12.5. The van der Waals surface area contributed by atoms with Crippen LogP contribution in [-0.4, -0.2) is 33.2 Å². The fraction of sp³-hybridized carbons (Fsp3) is 0.280. The number of anilines is 1. The van der Waals surface area contributed by atoms with Crippen molar-refractivity contribution in [3.63, 3.8) is 0 Å². The van der Waals surface area contributed by atoms with E-state index in [1.165, 1.54) is 31.4 Å². The summed E-state index contributed by atoms with van der Waals surface area (Å²) in [4.78, 5) is 12.4. The number of nitro groups is 1. The molecule has 36 heavy (non-hydrogen) atoms. The molecule has 1 unspecified atom stereocenters. The van der Waals surface area contributed by atoms with Gasteiger partial charge in [-0.05, 0) is 69.2 Å². The highest BCUT2D eigenvalue weighted by molar-refractivity contribution is 7.86.